The number of carbonyl (C=O) groups is 1. The smallest absolute Gasteiger partial charge is 0.312 e. The van der Waals surface area contributed by atoms with Crippen molar-refractivity contribution in [2.75, 3.05) is 26.2 Å². The van der Waals surface area contributed by atoms with Crippen LogP contribution in [0.5, 0.6) is 0 Å². The van der Waals surface area contributed by atoms with E-state index in [-0.39, 0.29) is 28.3 Å². The van der Waals surface area contributed by atoms with Crippen LogP contribution < -0.4 is 5.73 Å². The van der Waals surface area contributed by atoms with Crippen LogP contribution >= 0.6 is 0 Å². The normalized spacial score (nSPS) is 39.8. The van der Waals surface area contributed by atoms with Crippen molar-refractivity contribution in [3.8, 4) is 0 Å². The van der Waals surface area contributed by atoms with Gasteiger partial charge in [-0.05, 0) is 68.9 Å². The molecule has 2 aliphatic carbocycles. The van der Waals surface area contributed by atoms with Crippen LogP contribution in [-0.4, -0.2) is 42.6 Å². The van der Waals surface area contributed by atoms with Gasteiger partial charge in [0.1, 0.15) is 0 Å². The molecule has 4 nitrogen and oxygen atoms in total. The number of hydrogen-bond acceptors (Lipinski definition) is 4. The van der Waals surface area contributed by atoms with Crippen molar-refractivity contribution in [1.82, 2.24) is 4.90 Å². The quantitative estimate of drug-likeness (QED) is 0.783. The molecule has 1 saturated heterocycles. The molecule has 0 aromatic heterocycles. The van der Waals surface area contributed by atoms with Crippen molar-refractivity contribution < 1.29 is 9.53 Å². The van der Waals surface area contributed by atoms with Crippen molar-refractivity contribution in [2.45, 2.75) is 71.8 Å². The number of carbonyl (C=O) groups excluding carboxylic acids is 1. The molecule has 2 bridgehead atoms. The Bertz CT molecular complexity index is 486. The Morgan fingerprint density at radius 3 is 2.38 bits per heavy atom. The lowest BCUT2D eigenvalue weighted by Crippen LogP contribution is -2.67. The SMILES string of the molecule is CCOC(=O)[C@@H](CN)[C@@]1(N2CCCCC2)C[C@@H]2CC[C@@]1(C)C2(C)C. The van der Waals surface area contributed by atoms with Crippen LogP contribution in [0.4, 0.5) is 0 Å². The van der Waals surface area contributed by atoms with Gasteiger partial charge in [0.2, 0.25) is 0 Å². The summed E-state index contributed by atoms with van der Waals surface area (Å²) in [6.07, 6.45) is 7.39. The summed E-state index contributed by atoms with van der Waals surface area (Å²) in [4.78, 5) is 15.6. The summed E-state index contributed by atoms with van der Waals surface area (Å²) in [6, 6.07) is 0. The van der Waals surface area contributed by atoms with Gasteiger partial charge in [-0.1, -0.05) is 27.2 Å². The highest BCUT2D eigenvalue weighted by atomic mass is 16.5. The van der Waals surface area contributed by atoms with E-state index in [9.17, 15) is 4.79 Å². The van der Waals surface area contributed by atoms with E-state index in [1.54, 1.807) is 0 Å². The summed E-state index contributed by atoms with van der Waals surface area (Å²) in [5, 5.41) is 0. The zero-order valence-electron chi connectivity index (χ0n) is 16.1. The van der Waals surface area contributed by atoms with Crippen LogP contribution in [0, 0.1) is 22.7 Å². The third-order valence-electron chi connectivity index (χ3n) is 8.25. The highest BCUT2D eigenvalue weighted by Gasteiger charge is 2.73. The molecule has 0 aromatic rings. The lowest BCUT2D eigenvalue weighted by atomic mass is 9.57. The molecule has 2 saturated carbocycles. The second-order valence-corrected chi connectivity index (χ2v) is 9.01. The summed E-state index contributed by atoms with van der Waals surface area (Å²) < 4.78 is 5.50. The van der Waals surface area contributed by atoms with E-state index in [0.717, 1.165) is 19.5 Å². The van der Waals surface area contributed by atoms with Gasteiger partial charge in [-0.15, -0.1) is 0 Å². The van der Waals surface area contributed by atoms with E-state index in [0.29, 0.717) is 19.1 Å². The predicted octanol–water partition coefficient (Wildman–Crippen LogP) is 3.20. The Kier molecular flexibility index (Phi) is 4.76. The van der Waals surface area contributed by atoms with Gasteiger partial charge in [-0.25, -0.2) is 0 Å². The van der Waals surface area contributed by atoms with Gasteiger partial charge in [0.05, 0.1) is 12.5 Å². The van der Waals surface area contributed by atoms with Crippen molar-refractivity contribution in [3.63, 3.8) is 0 Å². The average molecular weight is 337 g/mol. The molecule has 0 unspecified atom stereocenters. The highest BCUT2D eigenvalue weighted by molar-refractivity contribution is 5.75. The molecule has 2 N–H and O–H groups in total. The first kappa shape index (κ1) is 18.2. The van der Waals surface area contributed by atoms with Gasteiger partial charge < -0.3 is 10.5 Å². The minimum atomic E-state index is -0.204. The second-order valence-electron chi connectivity index (χ2n) is 9.01. The fraction of sp³-hybridized carbons (Fsp3) is 0.950. The van der Waals surface area contributed by atoms with Gasteiger partial charge >= 0.3 is 5.97 Å². The van der Waals surface area contributed by atoms with Gasteiger partial charge in [0.25, 0.3) is 0 Å². The Morgan fingerprint density at radius 1 is 1.25 bits per heavy atom. The second kappa shape index (κ2) is 6.28. The number of likely N-dealkylation sites (tertiary alicyclic amines) is 1. The molecule has 3 aliphatic rings. The highest BCUT2D eigenvalue weighted by Crippen LogP contribution is 2.73. The molecule has 0 radical (unpaired) electrons. The molecule has 3 rings (SSSR count). The molecule has 0 spiro atoms. The number of piperidine rings is 1. The summed E-state index contributed by atoms with van der Waals surface area (Å²) in [5.74, 6) is 0.410. The zero-order chi connectivity index (χ0) is 17.6. The maximum absolute atomic E-state index is 12.9. The number of rotatable bonds is 5. The molecule has 138 valence electrons. The molecule has 4 atom stereocenters. The van der Waals surface area contributed by atoms with E-state index in [1.165, 1.54) is 32.1 Å². The van der Waals surface area contributed by atoms with Crippen molar-refractivity contribution in [1.29, 1.82) is 0 Å². The molecule has 3 fully saturated rings. The third-order valence-corrected chi connectivity index (χ3v) is 8.25. The molecule has 1 heterocycles. The Hall–Kier alpha value is -0.610. The summed E-state index contributed by atoms with van der Waals surface area (Å²) >= 11 is 0. The van der Waals surface area contributed by atoms with E-state index >= 15 is 0 Å². The van der Waals surface area contributed by atoms with Gasteiger partial charge in [-0.2, -0.15) is 0 Å². The van der Waals surface area contributed by atoms with Crippen LogP contribution in [-0.2, 0) is 9.53 Å². The molecular formula is C20H36N2O2. The van der Waals surface area contributed by atoms with Gasteiger partial charge in [0.15, 0.2) is 0 Å². The van der Waals surface area contributed by atoms with E-state index in [4.69, 9.17) is 10.5 Å². The Labute approximate surface area is 147 Å². The minimum Gasteiger partial charge on any atom is -0.466 e. The molecule has 24 heavy (non-hydrogen) atoms. The number of hydrogen-bond donors (Lipinski definition) is 1. The number of esters is 1. The minimum absolute atomic E-state index is 0.0739. The Balaban J connectivity index is 2.07. The van der Waals surface area contributed by atoms with Crippen molar-refractivity contribution in [3.05, 3.63) is 0 Å². The third kappa shape index (κ3) is 2.21. The fourth-order valence-corrected chi connectivity index (χ4v) is 6.58. The zero-order valence-corrected chi connectivity index (χ0v) is 16.1. The Morgan fingerprint density at radius 2 is 1.92 bits per heavy atom. The van der Waals surface area contributed by atoms with Crippen LogP contribution in [0.3, 0.4) is 0 Å². The fourth-order valence-electron chi connectivity index (χ4n) is 6.58. The lowest BCUT2D eigenvalue weighted by Gasteiger charge is -2.58. The van der Waals surface area contributed by atoms with Crippen LogP contribution in [0.15, 0.2) is 0 Å². The van der Waals surface area contributed by atoms with E-state index < -0.39 is 0 Å². The first-order valence-corrected chi connectivity index (χ1v) is 9.97. The van der Waals surface area contributed by atoms with Gasteiger partial charge in [-0.3, -0.25) is 9.69 Å². The lowest BCUT2D eigenvalue weighted by molar-refractivity contribution is -0.164. The maximum atomic E-state index is 12.9. The molecule has 4 heteroatoms. The number of ether oxygens (including phenoxy) is 1. The van der Waals surface area contributed by atoms with Crippen molar-refractivity contribution in [2.24, 2.45) is 28.4 Å². The molecule has 0 amide bonds. The standard InChI is InChI=1S/C20H36N2O2/c1-5-24-17(23)16(14-21)20(22-11-7-6-8-12-22)13-15-9-10-19(20,4)18(15,2)3/h15-16H,5-14,21H2,1-4H3/t15-,16+,19-,20-/m0/s1. The predicted molar refractivity (Wildman–Crippen MR) is 96.6 cm³/mol. The van der Waals surface area contributed by atoms with E-state index in [2.05, 4.69) is 25.7 Å². The maximum Gasteiger partial charge on any atom is 0.312 e. The monoisotopic (exact) mass is 336 g/mol. The van der Waals surface area contributed by atoms with Crippen LogP contribution in [0.2, 0.25) is 0 Å². The molecule has 0 aromatic carbocycles. The number of nitrogens with two attached hydrogens (primary N) is 1. The van der Waals surface area contributed by atoms with Gasteiger partial charge in [0, 0.05) is 12.1 Å². The van der Waals surface area contributed by atoms with E-state index in [1.807, 2.05) is 6.92 Å². The largest absolute Gasteiger partial charge is 0.466 e. The molecule has 1 aliphatic heterocycles. The number of nitrogens with zero attached hydrogens (tertiary/aromatic N) is 1. The first-order valence-electron chi connectivity index (χ1n) is 9.97. The summed E-state index contributed by atoms with van der Waals surface area (Å²) in [5.41, 5.74) is 6.48. The topological polar surface area (TPSA) is 55.6 Å². The summed E-state index contributed by atoms with van der Waals surface area (Å²) in [7, 11) is 0. The van der Waals surface area contributed by atoms with Crippen LogP contribution in [0.25, 0.3) is 0 Å². The summed E-state index contributed by atoms with van der Waals surface area (Å²) in [6.45, 7) is 12.2. The van der Waals surface area contributed by atoms with Crippen molar-refractivity contribution >= 4 is 5.97 Å². The number of fused-ring (bicyclic) bond motifs is 2. The first-order chi connectivity index (χ1) is 11.3. The average Bonchev–Trinajstić information content (AvgIpc) is 2.89. The molecular weight excluding hydrogens is 300 g/mol. The van der Waals surface area contributed by atoms with Crippen LogP contribution in [0.1, 0.15) is 66.2 Å².